The molecule has 0 N–H and O–H groups in total. The molecule has 1 aromatic carbocycles. The van der Waals surface area contributed by atoms with Crippen molar-refractivity contribution in [1.82, 2.24) is 24.6 Å². The van der Waals surface area contributed by atoms with Gasteiger partial charge in [0.1, 0.15) is 16.5 Å². The molecule has 1 saturated heterocycles. The number of benzene rings is 1. The maximum absolute atomic E-state index is 13.5. The third kappa shape index (κ3) is 4.01. The van der Waals surface area contributed by atoms with E-state index < -0.39 is 0 Å². The Labute approximate surface area is 185 Å². The number of nitrogens with zero attached hydrogens (tertiary/aromatic N) is 5. The summed E-state index contributed by atoms with van der Waals surface area (Å²) in [6, 6.07) is 6.42. The van der Waals surface area contributed by atoms with Crippen LogP contribution in [0.1, 0.15) is 75.7 Å². The van der Waals surface area contributed by atoms with Crippen molar-refractivity contribution in [2.75, 3.05) is 6.54 Å². The molecule has 2 aromatic heterocycles. The summed E-state index contributed by atoms with van der Waals surface area (Å²) in [6.07, 6.45) is 6.96. The summed E-state index contributed by atoms with van der Waals surface area (Å²) in [5.74, 6) is 1.79. The van der Waals surface area contributed by atoms with Gasteiger partial charge in [0.25, 0.3) is 5.91 Å². The molecular weight excluding hydrogens is 413 g/mol. The first-order chi connectivity index (χ1) is 15.1. The summed E-state index contributed by atoms with van der Waals surface area (Å²) >= 11 is 1.45. The average molecular weight is 440 g/mol. The van der Waals surface area contributed by atoms with Crippen LogP contribution in [0.2, 0.25) is 0 Å². The fourth-order valence-corrected chi connectivity index (χ4v) is 5.72. The normalized spacial score (nSPS) is 18.8. The molecule has 1 amide bonds. The van der Waals surface area contributed by atoms with Crippen LogP contribution >= 0.6 is 11.3 Å². The second-order valence-corrected chi connectivity index (χ2v) is 9.50. The second-order valence-electron chi connectivity index (χ2n) is 8.42. The molecule has 5 rings (SSSR count). The zero-order valence-corrected chi connectivity index (χ0v) is 18.5. The standard InChI is InChI=1S/C23H26FN5OS/c1-15-21(31-20(25-15)14-16-8-10-17(24)11-9-16)23(30)28-13-5-6-18(28)22-27-26-19-7-3-2-4-12-29(19)22/h8-11,18H,2-7,12-14H2,1H3/t18-/m0/s1. The molecule has 0 unspecified atom stereocenters. The monoisotopic (exact) mass is 439 g/mol. The maximum atomic E-state index is 13.5. The quantitative estimate of drug-likeness (QED) is 0.601. The summed E-state index contributed by atoms with van der Waals surface area (Å²) in [7, 11) is 0. The first-order valence-corrected chi connectivity index (χ1v) is 11.9. The van der Waals surface area contributed by atoms with Gasteiger partial charge in [0.15, 0.2) is 5.82 Å². The smallest absolute Gasteiger partial charge is 0.266 e. The molecule has 0 radical (unpaired) electrons. The van der Waals surface area contributed by atoms with E-state index in [4.69, 9.17) is 0 Å². The van der Waals surface area contributed by atoms with Crippen LogP contribution in [0.25, 0.3) is 0 Å². The van der Waals surface area contributed by atoms with Gasteiger partial charge in [-0.15, -0.1) is 21.5 Å². The topological polar surface area (TPSA) is 63.9 Å². The number of aromatic nitrogens is 4. The molecule has 1 atom stereocenters. The van der Waals surface area contributed by atoms with E-state index in [9.17, 15) is 9.18 Å². The van der Waals surface area contributed by atoms with Crippen LogP contribution in [0.15, 0.2) is 24.3 Å². The van der Waals surface area contributed by atoms with Gasteiger partial charge in [-0.05, 0) is 50.3 Å². The first-order valence-electron chi connectivity index (χ1n) is 11.0. The van der Waals surface area contributed by atoms with Gasteiger partial charge in [-0.1, -0.05) is 18.6 Å². The van der Waals surface area contributed by atoms with Crippen molar-refractivity contribution in [3.05, 3.63) is 62.9 Å². The van der Waals surface area contributed by atoms with Gasteiger partial charge in [0.05, 0.1) is 16.7 Å². The highest BCUT2D eigenvalue weighted by Gasteiger charge is 2.36. The van der Waals surface area contributed by atoms with Gasteiger partial charge in [0.2, 0.25) is 0 Å². The molecule has 31 heavy (non-hydrogen) atoms. The summed E-state index contributed by atoms with van der Waals surface area (Å²) in [4.78, 5) is 20.8. The minimum Gasteiger partial charge on any atom is -0.328 e. The largest absolute Gasteiger partial charge is 0.328 e. The Morgan fingerprint density at radius 3 is 2.81 bits per heavy atom. The number of likely N-dealkylation sites (tertiary alicyclic amines) is 1. The molecule has 0 bridgehead atoms. The Morgan fingerprint density at radius 1 is 1.13 bits per heavy atom. The molecule has 162 valence electrons. The number of carbonyl (C=O) groups is 1. The van der Waals surface area contributed by atoms with Crippen molar-refractivity contribution >= 4 is 17.2 Å². The maximum Gasteiger partial charge on any atom is 0.266 e. The Bertz CT molecular complexity index is 1090. The first kappa shape index (κ1) is 20.3. The zero-order valence-electron chi connectivity index (χ0n) is 17.7. The lowest BCUT2D eigenvalue weighted by atomic mass is 10.1. The van der Waals surface area contributed by atoms with Crippen molar-refractivity contribution in [2.45, 2.75) is 64.5 Å². The highest BCUT2D eigenvalue weighted by Crippen LogP contribution is 2.35. The molecule has 0 saturated carbocycles. The van der Waals surface area contributed by atoms with Crippen LogP contribution < -0.4 is 0 Å². The predicted molar refractivity (Wildman–Crippen MR) is 117 cm³/mol. The molecule has 2 aliphatic heterocycles. The van der Waals surface area contributed by atoms with Crippen LogP contribution in [0.5, 0.6) is 0 Å². The minimum atomic E-state index is -0.249. The Hall–Kier alpha value is -2.61. The van der Waals surface area contributed by atoms with Gasteiger partial charge in [-0.25, -0.2) is 9.37 Å². The SMILES string of the molecule is Cc1nc(Cc2ccc(F)cc2)sc1C(=O)N1CCC[C@H]1c1nnc2n1CCCCC2. The van der Waals surface area contributed by atoms with E-state index in [2.05, 4.69) is 19.7 Å². The van der Waals surface area contributed by atoms with E-state index in [0.29, 0.717) is 11.3 Å². The fourth-order valence-electron chi connectivity index (χ4n) is 4.67. The molecule has 2 aliphatic rings. The Kier molecular flexibility index (Phi) is 5.56. The van der Waals surface area contributed by atoms with Crippen LogP contribution in [0, 0.1) is 12.7 Å². The van der Waals surface area contributed by atoms with E-state index in [1.54, 1.807) is 12.1 Å². The van der Waals surface area contributed by atoms with E-state index in [0.717, 1.165) is 73.1 Å². The highest BCUT2D eigenvalue weighted by atomic mass is 32.1. The number of rotatable bonds is 4. The zero-order chi connectivity index (χ0) is 21.4. The minimum absolute atomic E-state index is 0.0195. The summed E-state index contributed by atoms with van der Waals surface area (Å²) in [5, 5.41) is 9.83. The van der Waals surface area contributed by atoms with E-state index in [1.807, 2.05) is 11.8 Å². The van der Waals surface area contributed by atoms with Crippen molar-refractivity contribution < 1.29 is 9.18 Å². The second kappa shape index (κ2) is 8.49. The van der Waals surface area contributed by atoms with Crippen molar-refractivity contribution in [2.24, 2.45) is 0 Å². The average Bonchev–Trinajstić information content (AvgIpc) is 3.44. The number of fused-ring (bicyclic) bond motifs is 1. The van der Waals surface area contributed by atoms with Crippen LogP contribution in [0.3, 0.4) is 0 Å². The highest BCUT2D eigenvalue weighted by molar-refractivity contribution is 7.13. The van der Waals surface area contributed by atoms with Gasteiger partial charge in [0, 0.05) is 25.9 Å². The lowest BCUT2D eigenvalue weighted by molar-refractivity contribution is 0.0731. The van der Waals surface area contributed by atoms with E-state index in [1.165, 1.54) is 29.9 Å². The van der Waals surface area contributed by atoms with Crippen LogP contribution in [0.4, 0.5) is 4.39 Å². The summed E-state index contributed by atoms with van der Waals surface area (Å²) in [5.41, 5.74) is 1.75. The van der Waals surface area contributed by atoms with Gasteiger partial charge in [-0.3, -0.25) is 4.79 Å². The third-order valence-corrected chi connectivity index (χ3v) is 7.40. The number of hydrogen-bond donors (Lipinski definition) is 0. The molecule has 4 heterocycles. The van der Waals surface area contributed by atoms with Crippen molar-refractivity contribution in [3.63, 3.8) is 0 Å². The molecule has 0 spiro atoms. The fraction of sp³-hybridized carbons (Fsp3) is 0.478. The number of halogens is 1. The van der Waals surface area contributed by atoms with Gasteiger partial charge < -0.3 is 9.47 Å². The number of amides is 1. The van der Waals surface area contributed by atoms with Gasteiger partial charge >= 0.3 is 0 Å². The predicted octanol–water partition coefficient (Wildman–Crippen LogP) is 4.48. The van der Waals surface area contributed by atoms with Crippen molar-refractivity contribution in [3.8, 4) is 0 Å². The molecule has 1 fully saturated rings. The lowest BCUT2D eigenvalue weighted by Crippen LogP contribution is -2.32. The molecule has 3 aromatic rings. The molecule has 6 nitrogen and oxygen atoms in total. The van der Waals surface area contributed by atoms with Crippen LogP contribution in [-0.2, 0) is 19.4 Å². The van der Waals surface area contributed by atoms with Gasteiger partial charge in [-0.2, -0.15) is 0 Å². The lowest BCUT2D eigenvalue weighted by Gasteiger charge is -2.24. The number of carbonyl (C=O) groups excluding carboxylic acids is 1. The number of aryl methyl sites for hydroxylation is 2. The molecule has 8 heteroatoms. The van der Waals surface area contributed by atoms with E-state index in [-0.39, 0.29) is 17.8 Å². The van der Waals surface area contributed by atoms with E-state index >= 15 is 0 Å². The summed E-state index contributed by atoms with van der Waals surface area (Å²) in [6.45, 7) is 3.57. The Morgan fingerprint density at radius 2 is 1.97 bits per heavy atom. The number of hydrogen-bond acceptors (Lipinski definition) is 5. The Balaban J connectivity index is 1.38. The molecule has 0 aliphatic carbocycles. The summed E-state index contributed by atoms with van der Waals surface area (Å²) < 4.78 is 15.4. The van der Waals surface area contributed by atoms with Crippen molar-refractivity contribution in [1.29, 1.82) is 0 Å². The molecular formula is C23H26FN5OS. The third-order valence-electron chi connectivity index (χ3n) is 6.25. The number of thiazole rings is 1. The van der Waals surface area contributed by atoms with Crippen LogP contribution in [-0.4, -0.2) is 37.1 Å².